The van der Waals surface area contributed by atoms with Crippen LogP contribution in [-0.2, 0) is 22.6 Å². The fraction of sp³-hybridized carbons (Fsp3) is 0.226. The van der Waals surface area contributed by atoms with Gasteiger partial charge in [0.05, 0.1) is 6.61 Å². The molecule has 8 heteroatoms. The summed E-state index contributed by atoms with van der Waals surface area (Å²) in [5.41, 5.74) is 4.39. The summed E-state index contributed by atoms with van der Waals surface area (Å²) in [4.78, 5) is 24.5. The van der Waals surface area contributed by atoms with E-state index in [0.717, 1.165) is 28.0 Å². The SMILES string of the molecule is CCOc1ccc(OCc2ccc(CC(NC(=O)OCC3c4ccccc4-c4ccccc43)C(=O)O)o2)cc1. The van der Waals surface area contributed by atoms with Crippen molar-refractivity contribution in [2.45, 2.75) is 31.9 Å². The van der Waals surface area contributed by atoms with Crippen molar-refractivity contribution >= 4 is 12.1 Å². The van der Waals surface area contributed by atoms with Gasteiger partial charge in [0.25, 0.3) is 0 Å². The Hall–Kier alpha value is -4.72. The molecule has 200 valence electrons. The highest BCUT2D eigenvalue weighted by Gasteiger charge is 2.30. The lowest BCUT2D eigenvalue weighted by atomic mass is 9.98. The van der Waals surface area contributed by atoms with Gasteiger partial charge in [-0.2, -0.15) is 0 Å². The van der Waals surface area contributed by atoms with Crippen LogP contribution in [0.3, 0.4) is 0 Å². The van der Waals surface area contributed by atoms with Gasteiger partial charge >= 0.3 is 12.1 Å². The third-order valence-electron chi connectivity index (χ3n) is 6.57. The van der Waals surface area contributed by atoms with E-state index in [1.165, 1.54) is 0 Å². The number of aliphatic carboxylic acids is 1. The maximum absolute atomic E-state index is 12.6. The topological polar surface area (TPSA) is 107 Å². The predicted molar refractivity (Wildman–Crippen MR) is 144 cm³/mol. The summed E-state index contributed by atoms with van der Waals surface area (Å²) in [6, 6.07) is 25.4. The maximum atomic E-state index is 12.6. The number of furan rings is 1. The number of carboxylic acids is 1. The van der Waals surface area contributed by atoms with Crippen molar-refractivity contribution in [3.63, 3.8) is 0 Å². The summed E-state index contributed by atoms with van der Waals surface area (Å²) < 4.78 is 22.4. The summed E-state index contributed by atoms with van der Waals surface area (Å²) in [5, 5.41) is 12.2. The number of hydrogen-bond donors (Lipinski definition) is 2. The largest absolute Gasteiger partial charge is 0.494 e. The van der Waals surface area contributed by atoms with Crippen molar-refractivity contribution in [2.75, 3.05) is 13.2 Å². The van der Waals surface area contributed by atoms with Crippen LogP contribution in [0.2, 0.25) is 0 Å². The van der Waals surface area contributed by atoms with E-state index in [9.17, 15) is 14.7 Å². The van der Waals surface area contributed by atoms with E-state index in [1.54, 1.807) is 24.3 Å². The minimum absolute atomic E-state index is 0.0391. The first kappa shape index (κ1) is 25.9. The smallest absolute Gasteiger partial charge is 0.407 e. The molecule has 1 aliphatic carbocycles. The maximum Gasteiger partial charge on any atom is 0.407 e. The number of carbonyl (C=O) groups excluding carboxylic acids is 1. The van der Waals surface area contributed by atoms with Crippen molar-refractivity contribution in [1.82, 2.24) is 5.32 Å². The first-order valence-electron chi connectivity index (χ1n) is 12.8. The molecule has 0 saturated carbocycles. The normalized spacial score (nSPS) is 12.7. The summed E-state index contributed by atoms with van der Waals surface area (Å²) in [7, 11) is 0. The zero-order chi connectivity index (χ0) is 27.2. The number of carboxylic acid groups (broad SMARTS) is 1. The molecule has 8 nitrogen and oxygen atoms in total. The molecule has 1 unspecified atom stereocenters. The number of fused-ring (bicyclic) bond motifs is 3. The Labute approximate surface area is 226 Å². The van der Waals surface area contributed by atoms with Crippen LogP contribution in [0.25, 0.3) is 11.1 Å². The first-order chi connectivity index (χ1) is 19.0. The number of amides is 1. The predicted octanol–water partition coefficient (Wildman–Crippen LogP) is 5.79. The molecular formula is C31H29NO7. The Morgan fingerprint density at radius 1 is 0.846 bits per heavy atom. The summed E-state index contributed by atoms with van der Waals surface area (Å²) >= 11 is 0. The molecule has 0 spiro atoms. The second kappa shape index (κ2) is 11.8. The van der Waals surface area contributed by atoms with Gasteiger partial charge in [0, 0.05) is 12.3 Å². The van der Waals surface area contributed by atoms with Crippen molar-refractivity contribution in [3.05, 3.63) is 108 Å². The number of rotatable bonds is 11. The number of hydrogen-bond acceptors (Lipinski definition) is 6. The second-order valence-corrected chi connectivity index (χ2v) is 9.13. The number of alkyl carbamates (subject to hydrolysis) is 1. The second-order valence-electron chi connectivity index (χ2n) is 9.13. The molecular weight excluding hydrogens is 498 g/mol. The van der Waals surface area contributed by atoms with Gasteiger partial charge in [0.15, 0.2) is 0 Å². The summed E-state index contributed by atoms with van der Waals surface area (Å²) in [6.45, 7) is 2.77. The van der Waals surface area contributed by atoms with Crippen LogP contribution in [-0.4, -0.2) is 36.4 Å². The van der Waals surface area contributed by atoms with Gasteiger partial charge in [-0.1, -0.05) is 48.5 Å². The summed E-state index contributed by atoms with van der Waals surface area (Å²) in [6.07, 6.45) is -0.836. The van der Waals surface area contributed by atoms with Crippen LogP contribution >= 0.6 is 0 Å². The van der Waals surface area contributed by atoms with Gasteiger partial charge in [0.2, 0.25) is 0 Å². The van der Waals surface area contributed by atoms with E-state index in [-0.39, 0.29) is 25.6 Å². The fourth-order valence-corrected chi connectivity index (χ4v) is 4.75. The van der Waals surface area contributed by atoms with E-state index in [2.05, 4.69) is 17.4 Å². The average Bonchev–Trinajstić information content (AvgIpc) is 3.53. The zero-order valence-electron chi connectivity index (χ0n) is 21.5. The van der Waals surface area contributed by atoms with Crippen LogP contribution in [0.4, 0.5) is 4.79 Å². The highest BCUT2D eigenvalue weighted by atomic mass is 16.5. The van der Waals surface area contributed by atoms with Gasteiger partial charge in [-0.15, -0.1) is 0 Å². The van der Waals surface area contributed by atoms with E-state index in [4.69, 9.17) is 18.6 Å². The van der Waals surface area contributed by atoms with E-state index in [1.807, 2.05) is 55.5 Å². The van der Waals surface area contributed by atoms with Crippen molar-refractivity contribution in [3.8, 4) is 22.6 Å². The van der Waals surface area contributed by atoms with Crippen molar-refractivity contribution in [1.29, 1.82) is 0 Å². The monoisotopic (exact) mass is 527 g/mol. The van der Waals surface area contributed by atoms with E-state index >= 15 is 0 Å². The fourth-order valence-electron chi connectivity index (χ4n) is 4.75. The Bertz CT molecular complexity index is 1400. The minimum Gasteiger partial charge on any atom is -0.494 e. The number of carbonyl (C=O) groups is 2. The van der Waals surface area contributed by atoms with Gasteiger partial charge in [-0.25, -0.2) is 9.59 Å². The third kappa shape index (κ3) is 6.06. The Morgan fingerprint density at radius 2 is 1.44 bits per heavy atom. The van der Waals surface area contributed by atoms with Gasteiger partial charge in [-0.05, 0) is 65.6 Å². The lowest BCUT2D eigenvalue weighted by Crippen LogP contribution is -2.42. The number of ether oxygens (including phenoxy) is 3. The molecule has 0 bridgehead atoms. The molecule has 4 aromatic rings. The van der Waals surface area contributed by atoms with Gasteiger partial charge in [-0.3, -0.25) is 0 Å². The van der Waals surface area contributed by atoms with Crippen LogP contribution in [0.1, 0.15) is 35.5 Å². The van der Waals surface area contributed by atoms with Crippen LogP contribution in [0.15, 0.2) is 89.3 Å². The Kier molecular flexibility index (Phi) is 7.82. The molecule has 0 aliphatic heterocycles. The van der Waals surface area contributed by atoms with Crippen LogP contribution < -0.4 is 14.8 Å². The standard InChI is InChI=1S/C31H29NO7/c1-2-36-20-11-13-21(14-12-20)37-18-23-16-15-22(39-23)17-29(30(33)34)32-31(35)38-19-28-26-9-5-3-7-24(26)25-8-4-6-10-27(25)28/h3-16,28-29H,2,17-19H2,1H3,(H,32,35)(H,33,34). The third-order valence-corrected chi connectivity index (χ3v) is 6.57. The minimum atomic E-state index is -1.22. The van der Waals surface area contributed by atoms with Crippen molar-refractivity contribution < 1.29 is 33.3 Å². The molecule has 39 heavy (non-hydrogen) atoms. The van der Waals surface area contributed by atoms with Crippen LogP contribution in [0.5, 0.6) is 11.5 Å². The average molecular weight is 528 g/mol. The zero-order valence-corrected chi connectivity index (χ0v) is 21.5. The summed E-state index contributed by atoms with van der Waals surface area (Å²) in [5.74, 6) is 1.04. The molecule has 3 aromatic carbocycles. The molecule has 1 aliphatic rings. The number of benzene rings is 3. The lowest BCUT2D eigenvalue weighted by Gasteiger charge is -2.17. The molecule has 0 saturated heterocycles. The molecule has 1 aromatic heterocycles. The van der Waals surface area contributed by atoms with Crippen molar-refractivity contribution in [2.24, 2.45) is 0 Å². The highest BCUT2D eigenvalue weighted by Crippen LogP contribution is 2.44. The molecule has 1 atom stereocenters. The van der Waals surface area contributed by atoms with Gasteiger partial charge < -0.3 is 29.1 Å². The van der Waals surface area contributed by atoms with E-state index in [0.29, 0.717) is 23.9 Å². The molecule has 2 N–H and O–H groups in total. The first-order valence-corrected chi connectivity index (χ1v) is 12.8. The highest BCUT2D eigenvalue weighted by molar-refractivity contribution is 5.81. The number of nitrogens with one attached hydrogen (secondary N) is 1. The van der Waals surface area contributed by atoms with Gasteiger partial charge in [0.1, 0.15) is 42.3 Å². The molecule has 0 fully saturated rings. The Morgan fingerprint density at radius 3 is 2.05 bits per heavy atom. The van der Waals surface area contributed by atoms with Crippen LogP contribution in [0, 0.1) is 0 Å². The molecule has 1 heterocycles. The lowest BCUT2D eigenvalue weighted by molar-refractivity contribution is -0.139. The Balaban J connectivity index is 1.15. The van der Waals surface area contributed by atoms with E-state index < -0.39 is 18.1 Å². The molecule has 5 rings (SSSR count). The quantitative estimate of drug-likeness (QED) is 0.254. The molecule has 0 radical (unpaired) electrons. The molecule has 1 amide bonds.